The second kappa shape index (κ2) is 7.33. The van der Waals surface area contributed by atoms with Gasteiger partial charge in [0.1, 0.15) is 5.75 Å². The number of methoxy groups -OCH3 is 1. The second-order valence-electron chi connectivity index (χ2n) is 3.91. The van der Waals surface area contributed by atoms with Gasteiger partial charge in [0.25, 0.3) is 0 Å². The van der Waals surface area contributed by atoms with E-state index in [4.69, 9.17) is 9.84 Å². The number of carbonyl (C=O) groups is 1. The molecular formula is C15H18O3. The van der Waals surface area contributed by atoms with E-state index in [-0.39, 0.29) is 0 Å². The maximum Gasteiger partial charge on any atom is 0.328 e. The minimum Gasteiger partial charge on any atom is -0.497 e. The van der Waals surface area contributed by atoms with Crippen molar-refractivity contribution in [2.75, 3.05) is 7.11 Å². The van der Waals surface area contributed by atoms with Crippen LogP contribution < -0.4 is 4.74 Å². The summed E-state index contributed by atoms with van der Waals surface area (Å²) in [4.78, 5) is 10.5. The van der Waals surface area contributed by atoms with Crippen LogP contribution in [-0.2, 0) is 4.79 Å². The fraction of sp³-hybridized carbons (Fsp3) is 0.267. The zero-order valence-corrected chi connectivity index (χ0v) is 10.7. The average molecular weight is 246 g/mol. The van der Waals surface area contributed by atoms with Crippen LogP contribution in [0, 0.1) is 0 Å². The normalized spacial score (nSPS) is 11.8. The van der Waals surface area contributed by atoms with E-state index in [1.54, 1.807) is 13.2 Å². The van der Waals surface area contributed by atoms with E-state index in [2.05, 4.69) is 6.92 Å². The van der Waals surface area contributed by atoms with Crippen LogP contribution in [0.25, 0.3) is 6.08 Å². The summed E-state index contributed by atoms with van der Waals surface area (Å²) >= 11 is 0. The SMILES string of the molecule is CCCC(/C=C/C(=O)O)=C\c1ccc(OC)cc1. The first kappa shape index (κ1) is 14.0. The van der Waals surface area contributed by atoms with Crippen molar-refractivity contribution < 1.29 is 14.6 Å². The van der Waals surface area contributed by atoms with Gasteiger partial charge in [-0.15, -0.1) is 0 Å². The van der Waals surface area contributed by atoms with E-state index in [1.165, 1.54) is 6.08 Å². The van der Waals surface area contributed by atoms with Gasteiger partial charge in [-0.2, -0.15) is 0 Å². The van der Waals surface area contributed by atoms with Crippen LogP contribution in [0.5, 0.6) is 5.75 Å². The third-order valence-electron chi connectivity index (χ3n) is 2.45. The minimum atomic E-state index is -0.924. The van der Waals surface area contributed by atoms with Gasteiger partial charge in [0.05, 0.1) is 7.11 Å². The Balaban J connectivity index is 2.88. The standard InChI is InChI=1S/C15H18O3/c1-3-4-12(7-10-15(16)17)11-13-5-8-14(18-2)9-6-13/h5-11H,3-4H2,1-2H3,(H,16,17)/b10-7+,12-11+. The first-order valence-electron chi connectivity index (χ1n) is 5.91. The number of allylic oxidation sites excluding steroid dienone is 2. The number of hydrogen-bond acceptors (Lipinski definition) is 2. The van der Waals surface area contributed by atoms with Crippen LogP contribution in [-0.4, -0.2) is 18.2 Å². The van der Waals surface area contributed by atoms with Crippen molar-refractivity contribution in [3.8, 4) is 5.75 Å². The number of rotatable bonds is 6. The third kappa shape index (κ3) is 4.87. The lowest BCUT2D eigenvalue weighted by Gasteiger charge is -2.02. The molecule has 0 heterocycles. The van der Waals surface area contributed by atoms with Gasteiger partial charge >= 0.3 is 5.97 Å². The van der Waals surface area contributed by atoms with Gasteiger partial charge in [-0.05, 0) is 29.7 Å². The summed E-state index contributed by atoms with van der Waals surface area (Å²) in [5.74, 6) is -0.114. The second-order valence-corrected chi connectivity index (χ2v) is 3.91. The Kier molecular flexibility index (Phi) is 5.71. The van der Waals surface area contributed by atoms with E-state index in [0.717, 1.165) is 29.7 Å². The van der Waals surface area contributed by atoms with Crippen LogP contribution in [0.4, 0.5) is 0 Å². The molecule has 0 unspecified atom stereocenters. The predicted molar refractivity (Wildman–Crippen MR) is 72.7 cm³/mol. The summed E-state index contributed by atoms with van der Waals surface area (Å²) in [6, 6.07) is 7.67. The van der Waals surface area contributed by atoms with Crippen molar-refractivity contribution in [2.24, 2.45) is 0 Å². The lowest BCUT2D eigenvalue weighted by atomic mass is 10.1. The monoisotopic (exact) mass is 246 g/mol. The lowest BCUT2D eigenvalue weighted by Crippen LogP contribution is -1.88. The van der Waals surface area contributed by atoms with E-state index >= 15 is 0 Å². The topological polar surface area (TPSA) is 46.5 Å². The molecular weight excluding hydrogens is 228 g/mol. The van der Waals surface area contributed by atoms with Crippen LogP contribution in [0.1, 0.15) is 25.3 Å². The fourth-order valence-electron chi connectivity index (χ4n) is 1.58. The van der Waals surface area contributed by atoms with E-state index in [1.807, 2.05) is 30.3 Å². The molecule has 0 saturated heterocycles. The smallest absolute Gasteiger partial charge is 0.328 e. The molecule has 0 aromatic heterocycles. The summed E-state index contributed by atoms with van der Waals surface area (Å²) in [5.41, 5.74) is 2.04. The van der Waals surface area contributed by atoms with Crippen molar-refractivity contribution in [3.63, 3.8) is 0 Å². The molecule has 3 heteroatoms. The van der Waals surface area contributed by atoms with Gasteiger partial charge in [0.15, 0.2) is 0 Å². The Morgan fingerprint density at radius 3 is 2.44 bits per heavy atom. The summed E-state index contributed by atoms with van der Waals surface area (Å²) in [6.07, 6.45) is 6.64. The summed E-state index contributed by atoms with van der Waals surface area (Å²) in [6.45, 7) is 2.07. The Morgan fingerprint density at radius 2 is 1.94 bits per heavy atom. The molecule has 0 aliphatic carbocycles. The minimum absolute atomic E-state index is 0.810. The highest BCUT2D eigenvalue weighted by molar-refractivity contribution is 5.80. The maximum atomic E-state index is 10.5. The molecule has 0 fully saturated rings. The quantitative estimate of drug-likeness (QED) is 0.617. The van der Waals surface area contributed by atoms with Gasteiger partial charge in [-0.1, -0.05) is 37.6 Å². The van der Waals surface area contributed by atoms with Crippen LogP contribution >= 0.6 is 0 Å². The first-order chi connectivity index (χ1) is 8.65. The zero-order valence-electron chi connectivity index (χ0n) is 10.7. The number of aliphatic carboxylic acids is 1. The number of carboxylic acid groups (broad SMARTS) is 1. The Bertz CT molecular complexity index is 441. The molecule has 1 rings (SSSR count). The molecule has 0 atom stereocenters. The molecule has 0 spiro atoms. The number of benzene rings is 1. The highest BCUT2D eigenvalue weighted by Crippen LogP contribution is 2.16. The third-order valence-corrected chi connectivity index (χ3v) is 2.45. The van der Waals surface area contributed by atoms with Crippen LogP contribution in [0.3, 0.4) is 0 Å². The van der Waals surface area contributed by atoms with Crippen molar-refractivity contribution in [2.45, 2.75) is 19.8 Å². The molecule has 0 radical (unpaired) electrons. The van der Waals surface area contributed by atoms with Crippen molar-refractivity contribution in [1.82, 2.24) is 0 Å². The predicted octanol–water partition coefficient (Wildman–Crippen LogP) is 3.52. The number of ether oxygens (including phenoxy) is 1. The number of carboxylic acids is 1. The van der Waals surface area contributed by atoms with Gasteiger partial charge in [0.2, 0.25) is 0 Å². The van der Waals surface area contributed by atoms with Gasteiger partial charge in [-0.3, -0.25) is 0 Å². The molecule has 0 amide bonds. The van der Waals surface area contributed by atoms with Gasteiger partial charge in [-0.25, -0.2) is 4.79 Å². The first-order valence-corrected chi connectivity index (χ1v) is 5.91. The maximum absolute atomic E-state index is 10.5. The Hall–Kier alpha value is -2.03. The van der Waals surface area contributed by atoms with E-state index in [9.17, 15) is 4.79 Å². The van der Waals surface area contributed by atoms with Crippen molar-refractivity contribution >= 4 is 12.0 Å². The molecule has 1 N–H and O–H groups in total. The fourth-order valence-corrected chi connectivity index (χ4v) is 1.58. The van der Waals surface area contributed by atoms with E-state index in [0.29, 0.717) is 0 Å². The largest absolute Gasteiger partial charge is 0.497 e. The molecule has 0 bridgehead atoms. The zero-order chi connectivity index (χ0) is 13.4. The average Bonchev–Trinajstić information content (AvgIpc) is 2.37. The Morgan fingerprint density at radius 1 is 1.28 bits per heavy atom. The van der Waals surface area contributed by atoms with Crippen LogP contribution in [0.15, 0.2) is 42.0 Å². The molecule has 96 valence electrons. The van der Waals surface area contributed by atoms with Gasteiger partial charge in [0, 0.05) is 6.08 Å². The highest BCUT2D eigenvalue weighted by atomic mass is 16.5. The van der Waals surface area contributed by atoms with Crippen molar-refractivity contribution in [1.29, 1.82) is 0 Å². The molecule has 1 aromatic carbocycles. The van der Waals surface area contributed by atoms with E-state index < -0.39 is 5.97 Å². The molecule has 0 aliphatic heterocycles. The molecule has 18 heavy (non-hydrogen) atoms. The number of hydrogen-bond donors (Lipinski definition) is 1. The Labute approximate surface area is 107 Å². The van der Waals surface area contributed by atoms with Crippen molar-refractivity contribution in [3.05, 3.63) is 47.6 Å². The molecule has 3 nitrogen and oxygen atoms in total. The van der Waals surface area contributed by atoms with Gasteiger partial charge < -0.3 is 9.84 Å². The highest BCUT2D eigenvalue weighted by Gasteiger charge is 1.96. The molecule has 0 saturated carbocycles. The molecule has 0 aliphatic rings. The summed E-state index contributed by atoms with van der Waals surface area (Å²) < 4.78 is 5.09. The summed E-state index contributed by atoms with van der Waals surface area (Å²) in [7, 11) is 1.63. The summed E-state index contributed by atoms with van der Waals surface area (Å²) in [5, 5.41) is 8.63. The lowest BCUT2D eigenvalue weighted by molar-refractivity contribution is -0.131. The van der Waals surface area contributed by atoms with Crippen LogP contribution in [0.2, 0.25) is 0 Å². The molecule has 1 aromatic rings.